The lowest BCUT2D eigenvalue weighted by atomic mass is 10.1. The molecule has 1 N–H and O–H groups in total. The van der Waals surface area contributed by atoms with Crippen LogP contribution in [0.5, 0.6) is 5.75 Å². The van der Waals surface area contributed by atoms with Gasteiger partial charge in [-0.15, -0.1) is 0 Å². The SMILES string of the molecule is CC(O)Cc1ccc(OCCCCCF)cc1. The van der Waals surface area contributed by atoms with Gasteiger partial charge in [-0.2, -0.15) is 0 Å². The largest absolute Gasteiger partial charge is 0.494 e. The van der Waals surface area contributed by atoms with E-state index in [9.17, 15) is 9.50 Å². The van der Waals surface area contributed by atoms with Gasteiger partial charge in [-0.1, -0.05) is 12.1 Å². The summed E-state index contributed by atoms with van der Waals surface area (Å²) in [6, 6.07) is 7.74. The lowest BCUT2D eigenvalue weighted by molar-refractivity contribution is 0.195. The molecule has 0 spiro atoms. The van der Waals surface area contributed by atoms with Crippen LogP contribution < -0.4 is 4.74 Å². The highest BCUT2D eigenvalue weighted by Crippen LogP contribution is 2.14. The molecule has 1 unspecified atom stereocenters. The molecule has 0 bridgehead atoms. The fraction of sp³-hybridized carbons (Fsp3) is 0.571. The molecule has 0 saturated heterocycles. The minimum Gasteiger partial charge on any atom is -0.494 e. The van der Waals surface area contributed by atoms with Crippen LogP contribution in [0.2, 0.25) is 0 Å². The van der Waals surface area contributed by atoms with E-state index in [4.69, 9.17) is 4.74 Å². The van der Waals surface area contributed by atoms with E-state index in [0.29, 0.717) is 19.4 Å². The van der Waals surface area contributed by atoms with E-state index in [1.807, 2.05) is 24.3 Å². The van der Waals surface area contributed by atoms with Crippen LogP contribution in [0.1, 0.15) is 31.7 Å². The van der Waals surface area contributed by atoms with E-state index >= 15 is 0 Å². The molecule has 17 heavy (non-hydrogen) atoms. The van der Waals surface area contributed by atoms with E-state index in [1.54, 1.807) is 6.92 Å². The summed E-state index contributed by atoms with van der Waals surface area (Å²) in [5, 5.41) is 9.24. The molecule has 0 saturated carbocycles. The van der Waals surface area contributed by atoms with Crippen molar-refractivity contribution in [3.05, 3.63) is 29.8 Å². The molecule has 1 aromatic carbocycles. The average Bonchev–Trinajstić information content (AvgIpc) is 2.30. The summed E-state index contributed by atoms with van der Waals surface area (Å²) >= 11 is 0. The first-order valence-electron chi connectivity index (χ1n) is 6.18. The van der Waals surface area contributed by atoms with Gasteiger partial charge in [-0.3, -0.25) is 4.39 Å². The molecule has 0 amide bonds. The van der Waals surface area contributed by atoms with Gasteiger partial charge in [0.15, 0.2) is 0 Å². The molecule has 0 aromatic heterocycles. The highest BCUT2D eigenvalue weighted by Gasteiger charge is 1.99. The molecular weight excluding hydrogens is 219 g/mol. The Hall–Kier alpha value is -1.09. The van der Waals surface area contributed by atoms with Crippen molar-refractivity contribution in [1.29, 1.82) is 0 Å². The fourth-order valence-corrected chi connectivity index (χ4v) is 1.63. The van der Waals surface area contributed by atoms with E-state index in [0.717, 1.165) is 24.2 Å². The highest BCUT2D eigenvalue weighted by atomic mass is 19.1. The lowest BCUT2D eigenvalue weighted by Gasteiger charge is -2.08. The summed E-state index contributed by atoms with van der Waals surface area (Å²) in [4.78, 5) is 0. The standard InChI is InChI=1S/C14H21FO2/c1-12(16)11-13-5-7-14(8-6-13)17-10-4-2-3-9-15/h5-8,12,16H,2-4,9-11H2,1H3. The van der Waals surface area contributed by atoms with Crippen molar-refractivity contribution in [3.63, 3.8) is 0 Å². The summed E-state index contributed by atoms with van der Waals surface area (Å²) in [6.45, 7) is 2.17. The summed E-state index contributed by atoms with van der Waals surface area (Å²) in [5.41, 5.74) is 1.10. The van der Waals surface area contributed by atoms with Crippen molar-refractivity contribution >= 4 is 0 Å². The van der Waals surface area contributed by atoms with Crippen molar-refractivity contribution in [2.75, 3.05) is 13.3 Å². The Kier molecular flexibility index (Phi) is 6.63. The normalized spacial score (nSPS) is 12.4. The second-order valence-corrected chi connectivity index (χ2v) is 4.30. The van der Waals surface area contributed by atoms with Crippen LogP contribution in [0.25, 0.3) is 0 Å². The van der Waals surface area contributed by atoms with Gasteiger partial charge in [-0.05, 0) is 50.3 Å². The monoisotopic (exact) mass is 240 g/mol. The molecule has 1 rings (SSSR count). The van der Waals surface area contributed by atoms with Crippen molar-refractivity contribution in [1.82, 2.24) is 0 Å². The molecule has 0 aliphatic heterocycles. The molecule has 0 heterocycles. The van der Waals surface area contributed by atoms with Gasteiger partial charge in [0.25, 0.3) is 0 Å². The van der Waals surface area contributed by atoms with Gasteiger partial charge < -0.3 is 9.84 Å². The molecule has 1 aromatic rings. The second kappa shape index (κ2) is 8.07. The number of ether oxygens (including phenoxy) is 1. The van der Waals surface area contributed by atoms with Crippen LogP contribution in [0.3, 0.4) is 0 Å². The van der Waals surface area contributed by atoms with Gasteiger partial charge >= 0.3 is 0 Å². The predicted molar refractivity (Wildman–Crippen MR) is 67.1 cm³/mol. The molecular formula is C14H21FO2. The third-order valence-electron chi connectivity index (χ3n) is 2.50. The van der Waals surface area contributed by atoms with E-state index in [1.165, 1.54) is 0 Å². The highest BCUT2D eigenvalue weighted by molar-refractivity contribution is 5.27. The number of alkyl halides is 1. The van der Waals surface area contributed by atoms with Crippen molar-refractivity contribution in [2.24, 2.45) is 0 Å². The molecule has 0 radical (unpaired) electrons. The second-order valence-electron chi connectivity index (χ2n) is 4.30. The smallest absolute Gasteiger partial charge is 0.119 e. The molecule has 0 aliphatic rings. The number of hydrogen-bond acceptors (Lipinski definition) is 2. The lowest BCUT2D eigenvalue weighted by Crippen LogP contribution is -2.04. The number of benzene rings is 1. The van der Waals surface area contributed by atoms with E-state index in [2.05, 4.69) is 0 Å². The molecule has 2 nitrogen and oxygen atoms in total. The van der Waals surface area contributed by atoms with Gasteiger partial charge in [0.1, 0.15) is 5.75 Å². The zero-order chi connectivity index (χ0) is 12.5. The van der Waals surface area contributed by atoms with Gasteiger partial charge in [-0.25, -0.2) is 0 Å². The quantitative estimate of drug-likeness (QED) is 0.707. The summed E-state index contributed by atoms with van der Waals surface area (Å²) < 4.78 is 17.4. The number of rotatable bonds is 8. The van der Waals surface area contributed by atoms with Gasteiger partial charge in [0, 0.05) is 0 Å². The van der Waals surface area contributed by atoms with Crippen LogP contribution in [0, 0.1) is 0 Å². The van der Waals surface area contributed by atoms with E-state index < -0.39 is 0 Å². The molecule has 0 aliphatic carbocycles. The summed E-state index contributed by atoms with van der Waals surface area (Å²) in [7, 11) is 0. The van der Waals surface area contributed by atoms with Crippen molar-refractivity contribution in [2.45, 2.75) is 38.7 Å². The molecule has 96 valence electrons. The molecule has 3 heteroatoms. The van der Waals surface area contributed by atoms with Crippen molar-refractivity contribution in [3.8, 4) is 5.75 Å². The number of hydrogen-bond donors (Lipinski definition) is 1. The Morgan fingerprint density at radius 1 is 1.18 bits per heavy atom. The number of unbranched alkanes of at least 4 members (excludes halogenated alkanes) is 2. The summed E-state index contributed by atoms with van der Waals surface area (Å²) in [5.74, 6) is 0.833. The zero-order valence-electron chi connectivity index (χ0n) is 10.4. The minimum atomic E-state index is -0.317. The Labute approximate surface area is 102 Å². The number of aliphatic hydroxyl groups is 1. The van der Waals surface area contributed by atoms with Crippen LogP contribution in [-0.2, 0) is 6.42 Å². The first-order chi connectivity index (χ1) is 8.22. The maximum absolute atomic E-state index is 11.8. The number of aliphatic hydroxyl groups excluding tert-OH is 1. The van der Waals surface area contributed by atoms with Crippen LogP contribution in [0.15, 0.2) is 24.3 Å². The topological polar surface area (TPSA) is 29.5 Å². The van der Waals surface area contributed by atoms with E-state index in [-0.39, 0.29) is 12.8 Å². The van der Waals surface area contributed by atoms with Gasteiger partial charge in [0.2, 0.25) is 0 Å². The average molecular weight is 240 g/mol. The summed E-state index contributed by atoms with van der Waals surface area (Å²) in [6.07, 6.45) is 2.73. The van der Waals surface area contributed by atoms with Crippen LogP contribution in [-0.4, -0.2) is 24.5 Å². The minimum absolute atomic E-state index is 0.242. The zero-order valence-corrected chi connectivity index (χ0v) is 10.4. The first-order valence-corrected chi connectivity index (χ1v) is 6.18. The first kappa shape index (κ1) is 14.0. The Morgan fingerprint density at radius 3 is 2.47 bits per heavy atom. The van der Waals surface area contributed by atoms with Crippen LogP contribution in [0.4, 0.5) is 4.39 Å². The maximum Gasteiger partial charge on any atom is 0.119 e. The van der Waals surface area contributed by atoms with Crippen LogP contribution >= 0.6 is 0 Å². The predicted octanol–water partition coefficient (Wildman–Crippen LogP) is 3.13. The molecule has 0 fully saturated rings. The third kappa shape index (κ3) is 6.27. The third-order valence-corrected chi connectivity index (χ3v) is 2.50. The Bertz CT molecular complexity index is 296. The maximum atomic E-state index is 11.8. The Balaban J connectivity index is 2.25. The Morgan fingerprint density at radius 2 is 1.88 bits per heavy atom. The number of halogens is 1. The van der Waals surface area contributed by atoms with Gasteiger partial charge in [0.05, 0.1) is 19.4 Å². The molecule has 1 atom stereocenters. The fourth-order valence-electron chi connectivity index (χ4n) is 1.63. The van der Waals surface area contributed by atoms with Crippen molar-refractivity contribution < 1.29 is 14.2 Å².